The van der Waals surface area contributed by atoms with E-state index < -0.39 is 10.0 Å². The second-order valence-electron chi connectivity index (χ2n) is 5.76. The van der Waals surface area contributed by atoms with Crippen molar-refractivity contribution in [3.05, 3.63) is 65.5 Å². The summed E-state index contributed by atoms with van der Waals surface area (Å²) in [6, 6.07) is 11.4. The molecule has 0 radical (unpaired) electrons. The summed E-state index contributed by atoms with van der Waals surface area (Å²) in [5.74, 6) is -0.666. The second kappa shape index (κ2) is 8.22. The number of hydrogen-bond donors (Lipinski definition) is 2. The molecule has 0 bridgehead atoms. The number of hydrogen-bond acceptors (Lipinski definition) is 3. The van der Waals surface area contributed by atoms with Crippen LogP contribution in [-0.2, 0) is 16.6 Å². The van der Waals surface area contributed by atoms with E-state index in [4.69, 9.17) is 0 Å². The first-order valence-corrected chi connectivity index (χ1v) is 9.45. The fraction of sp³-hybridized carbons (Fsp3) is 0.278. The monoisotopic (exact) mass is 364 g/mol. The van der Waals surface area contributed by atoms with E-state index in [1.807, 2.05) is 6.92 Å². The van der Waals surface area contributed by atoms with E-state index in [0.717, 1.165) is 5.56 Å². The number of carbonyl (C=O) groups is 1. The molecule has 0 aliphatic heterocycles. The van der Waals surface area contributed by atoms with Crippen LogP contribution in [0.1, 0.15) is 36.2 Å². The average molecular weight is 364 g/mol. The Hall–Kier alpha value is -2.25. The summed E-state index contributed by atoms with van der Waals surface area (Å²) in [6.07, 6.45) is 0.684. The first-order chi connectivity index (χ1) is 11.8. The lowest BCUT2D eigenvalue weighted by Crippen LogP contribution is -2.32. The summed E-state index contributed by atoms with van der Waals surface area (Å²) in [6.45, 7) is 3.94. The van der Waals surface area contributed by atoms with Gasteiger partial charge in [0.15, 0.2) is 0 Å². The zero-order valence-electron chi connectivity index (χ0n) is 14.1. The van der Waals surface area contributed by atoms with E-state index in [-0.39, 0.29) is 29.2 Å². The highest BCUT2D eigenvalue weighted by Gasteiger charge is 2.17. The maximum absolute atomic E-state index is 12.8. The number of amides is 1. The minimum absolute atomic E-state index is 0.114. The van der Waals surface area contributed by atoms with Gasteiger partial charge in [-0.1, -0.05) is 19.1 Å². The van der Waals surface area contributed by atoms with E-state index in [1.165, 1.54) is 36.4 Å². The summed E-state index contributed by atoms with van der Waals surface area (Å²) in [5.41, 5.74) is 1.12. The number of halogens is 1. The molecule has 0 fully saturated rings. The molecule has 0 heterocycles. The van der Waals surface area contributed by atoms with Crippen LogP contribution in [0.15, 0.2) is 53.4 Å². The van der Waals surface area contributed by atoms with Gasteiger partial charge in [-0.15, -0.1) is 0 Å². The van der Waals surface area contributed by atoms with Crippen LogP contribution in [0.5, 0.6) is 0 Å². The molecular formula is C18H21FN2O3S. The highest BCUT2D eigenvalue weighted by atomic mass is 32.2. The van der Waals surface area contributed by atoms with E-state index in [0.29, 0.717) is 12.0 Å². The van der Waals surface area contributed by atoms with Crippen LogP contribution >= 0.6 is 0 Å². The van der Waals surface area contributed by atoms with Gasteiger partial charge in [-0.05, 0) is 55.3 Å². The predicted octanol–water partition coefficient (Wildman–Crippen LogP) is 2.83. The summed E-state index contributed by atoms with van der Waals surface area (Å²) in [7, 11) is -3.59. The van der Waals surface area contributed by atoms with Crippen molar-refractivity contribution in [3.63, 3.8) is 0 Å². The molecule has 0 saturated carbocycles. The smallest absolute Gasteiger partial charge is 0.251 e. The topological polar surface area (TPSA) is 75.3 Å². The normalized spacial score (nSPS) is 12.6. The molecule has 1 amide bonds. The van der Waals surface area contributed by atoms with E-state index in [9.17, 15) is 17.6 Å². The minimum Gasteiger partial charge on any atom is -0.348 e. The molecule has 0 aliphatic carbocycles. The first-order valence-electron chi connectivity index (χ1n) is 7.97. The third-order valence-electron chi connectivity index (χ3n) is 3.76. The zero-order valence-corrected chi connectivity index (χ0v) is 14.9. The molecular weight excluding hydrogens is 343 g/mol. The molecule has 5 nitrogen and oxygen atoms in total. The van der Waals surface area contributed by atoms with Crippen molar-refractivity contribution in [2.75, 3.05) is 0 Å². The molecule has 2 rings (SSSR count). The first kappa shape index (κ1) is 19.1. The van der Waals surface area contributed by atoms with Crippen molar-refractivity contribution in [3.8, 4) is 0 Å². The highest BCUT2D eigenvalue weighted by Crippen LogP contribution is 2.12. The summed E-state index contributed by atoms with van der Waals surface area (Å²) >= 11 is 0. The van der Waals surface area contributed by atoms with Gasteiger partial charge in [0, 0.05) is 18.2 Å². The van der Waals surface area contributed by atoms with Gasteiger partial charge in [0.2, 0.25) is 10.0 Å². The number of carbonyl (C=O) groups excluding carboxylic acids is 1. The number of benzene rings is 2. The lowest BCUT2D eigenvalue weighted by Gasteiger charge is -2.12. The molecule has 0 spiro atoms. The van der Waals surface area contributed by atoms with E-state index in [1.54, 1.807) is 19.1 Å². The van der Waals surface area contributed by atoms with Crippen molar-refractivity contribution < 1.29 is 17.6 Å². The number of nitrogens with one attached hydrogen (secondary N) is 2. The van der Waals surface area contributed by atoms with Crippen molar-refractivity contribution >= 4 is 15.9 Å². The molecule has 7 heteroatoms. The van der Waals surface area contributed by atoms with Crippen molar-refractivity contribution in [1.29, 1.82) is 0 Å². The van der Waals surface area contributed by atoms with Gasteiger partial charge in [0.05, 0.1) is 4.90 Å². The van der Waals surface area contributed by atoms with Crippen LogP contribution in [0.4, 0.5) is 4.39 Å². The molecule has 1 atom stereocenters. The van der Waals surface area contributed by atoms with Crippen LogP contribution < -0.4 is 10.0 Å². The Morgan fingerprint density at radius 2 is 1.68 bits per heavy atom. The van der Waals surface area contributed by atoms with Gasteiger partial charge in [0.25, 0.3) is 5.91 Å². The van der Waals surface area contributed by atoms with Gasteiger partial charge in [-0.2, -0.15) is 0 Å². The summed E-state index contributed by atoms with van der Waals surface area (Å²) in [5, 5.41) is 2.71. The predicted molar refractivity (Wildman–Crippen MR) is 94.1 cm³/mol. The number of sulfonamides is 1. The average Bonchev–Trinajstić information content (AvgIpc) is 2.60. The van der Waals surface area contributed by atoms with Crippen LogP contribution in [-0.4, -0.2) is 20.4 Å². The fourth-order valence-electron chi connectivity index (χ4n) is 2.09. The molecule has 2 aromatic rings. The Morgan fingerprint density at radius 3 is 2.24 bits per heavy atom. The molecule has 1 unspecified atom stereocenters. The maximum atomic E-state index is 12.8. The number of rotatable bonds is 7. The highest BCUT2D eigenvalue weighted by molar-refractivity contribution is 7.89. The zero-order chi connectivity index (χ0) is 18.4. The van der Waals surface area contributed by atoms with E-state index in [2.05, 4.69) is 10.0 Å². The van der Waals surface area contributed by atoms with E-state index >= 15 is 0 Å². The Balaban J connectivity index is 2.01. The largest absolute Gasteiger partial charge is 0.348 e. The van der Waals surface area contributed by atoms with Gasteiger partial charge in [-0.3, -0.25) is 4.79 Å². The van der Waals surface area contributed by atoms with Gasteiger partial charge < -0.3 is 5.32 Å². The van der Waals surface area contributed by atoms with Crippen LogP contribution in [0.2, 0.25) is 0 Å². The van der Waals surface area contributed by atoms with Crippen molar-refractivity contribution in [2.45, 2.75) is 37.8 Å². The third-order valence-corrected chi connectivity index (χ3v) is 5.37. The Labute approximate surface area is 147 Å². The quantitative estimate of drug-likeness (QED) is 0.793. The fourth-order valence-corrected chi connectivity index (χ4v) is 3.42. The molecule has 25 heavy (non-hydrogen) atoms. The SMILES string of the molecule is CCC(C)NS(=O)(=O)c1ccc(C(=O)NCc2ccc(F)cc2)cc1. The molecule has 134 valence electrons. The van der Waals surface area contributed by atoms with Crippen LogP contribution in [0.25, 0.3) is 0 Å². The Morgan fingerprint density at radius 1 is 1.08 bits per heavy atom. The molecule has 0 saturated heterocycles. The van der Waals surface area contributed by atoms with Crippen molar-refractivity contribution in [1.82, 2.24) is 10.0 Å². The molecule has 0 aliphatic rings. The standard InChI is InChI=1S/C18H21FN2O3S/c1-3-13(2)21-25(23,24)17-10-6-15(7-11-17)18(22)20-12-14-4-8-16(19)9-5-14/h4-11,13,21H,3,12H2,1-2H3,(H,20,22). The minimum atomic E-state index is -3.59. The second-order valence-corrected chi connectivity index (χ2v) is 7.48. The lowest BCUT2D eigenvalue weighted by molar-refractivity contribution is 0.0951. The molecule has 0 aromatic heterocycles. The van der Waals surface area contributed by atoms with Gasteiger partial charge >= 0.3 is 0 Å². The maximum Gasteiger partial charge on any atom is 0.251 e. The molecule has 2 aromatic carbocycles. The van der Waals surface area contributed by atoms with Gasteiger partial charge in [0.1, 0.15) is 5.82 Å². The lowest BCUT2D eigenvalue weighted by atomic mass is 10.2. The van der Waals surface area contributed by atoms with Crippen LogP contribution in [0, 0.1) is 5.82 Å². The molecule has 2 N–H and O–H groups in total. The van der Waals surface area contributed by atoms with Crippen LogP contribution in [0.3, 0.4) is 0 Å². The van der Waals surface area contributed by atoms with Crippen molar-refractivity contribution in [2.24, 2.45) is 0 Å². The summed E-state index contributed by atoms with van der Waals surface area (Å²) < 4.78 is 39.8. The van der Waals surface area contributed by atoms with Gasteiger partial charge in [-0.25, -0.2) is 17.5 Å². The Bertz CT molecular complexity index is 818. The Kier molecular flexibility index (Phi) is 6.27. The third kappa shape index (κ3) is 5.37. The summed E-state index contributed by atoms with van der Waals surface area (Å²) in [4.78, 5) is 12.2.